The molecule has 0 aromatic heterocycles. The van der Waals surface area contributed by atoms with Gasteiger partial charge in [-0.3, -0.25) is 13.9 Å². The standard InChI is InChI=1S/C26H26F7N3O5S/c27-16-6-9-18(10-7-16)42(40,41)36-17(13-22(37)35-20-3-1-2-19(20)23(34)38)8-4-14-12-15(5-11-21(14)36)24(39,25(28,29)30)26(31,32)33/h5-7,9-12,17,19-20,39H,1-4,8,13H2,(H2,34,38)(H,35,37)/t17-,19+,20-/m0/s1. The SMILES string of the molecule is NC(=O)[C@@H]1CCC[C@@H]1NC(=O)C[C@@H]1CCc2cc(C(O)(C(F)(F)F)C(F)(F)F)ccc2N1S(=O)(=O)c1ccc(F)cc1. The number of sulfonamides is 1. The number of nitrogens with one attached hydrogen (secondary N) is 1. The van der Waals surface area contributed by atoms with Crippen molar-refractivity contribution in [3.63, 3.8) is 0 Å². The van der Waals surface area contributed by atoms with Crippen LogP contribution in [0.5, 0.6) is 0 Å². The number of alkyl halides is 6. The van der Waals surface area contributed by atoms with Crippen molar-refractivity contribution in [1.82, 2.24) is 5.32 Å². The number of carbonyl (C=O) groups excluding carboxylic acids is 2. The lowest BCUT2D eigenvalue weighted by Crippen LogP contribution is -2.54. The monoisotopic (exact) mass is 625 g/mol. The summed E-state index contributed by atoms with van der Waals surface area (Å²) in [6.07, 6.45) is -11.7. The van der Waals surface area contributed by atoms with Crippen LogP contribution in [0.4, 0.5) is 36.4 Å². The first-order valence-corrected chi connectivity index (χ1v) is 14.2. The second-order valence-electron chi connectivity index (χ2n) is 10.3. The summed E-state index contributed by atoms with van der Waals surface area (Å²) >= 11 is 0. The number of nitrogens with zero attached hydrogens (tertiary/aromatic N) is 1. The zero-order valence-corrected chi connectivity index (χ0v) is 22.5. The fourth-order valence-corrected chi connectivity index (χ4v) is 7.25. The number of hydrogen-bond donors (Lipinski definition) is 3. The third-order valence-electron chi connectivity index (χ3n) is 7.65. The van der Waals surface area contributed by atoms with Crippen molar-refractivity contribution in [3.8, 4) is 0 Å². The van der Waals surface area contributed by atoms with Gasteiger partial charge in [0.25, 0.3) is 15.6 Å². The summed E-state index contributed by atoms with van der Waals surface area (Å²) < 4.78 is 123. The van der Waals surface area contributed by atoms with Crippen molar-refractivity contribution in [3.05, 3.63) is 59.4 Å². The van der Waals surface area contributed by atoms with Gasteiger partial charge >= 0.3 is 12.4 Å². The topological polar surface area (TPSA) is 130 Å². The molecular weight excluding hydrogens is 599 g/mol. The Labute approximate surface area is 235 Å². The van der Waals surface area contributed by atoms with Crippen LogP contribution < -0.4 is 15.4 Å². The van der Waals surface area contributed by atoms with Crippen LogP contribution in [-0.4, -0.2) is 49.8 Å². The quantitative estimate of drug-likeness (QED) is 0.403. The Balaban J connectivity index is 1.75. The number of benzene rings is 2. The normalized spacial score (nSPS) is 21.6. The molecule has 4 rings (SSSR count). The van der Waals surface area contributed by atoms with E-state index in [1.54, 1.807) is 0 Å². The van der Waals surface area contributed by atoms with Crippen LogP contribution >= 0.6 is 0 Å². The molecular formula is C26H26F7N3O5S. The molecule has 0 bridgehead atoms. The third-order valence-corrected chi connectivity index (χ3v) is 9.53. The maximum absolute atomic E-state index is 13.7. The van der Waals surface area contributed by atoms with E-state index in [2.05, 4.69) is 5.32 Å². The number of nitrogens with two attached hydrogens (primary N) is 1. The molecule has 230 valence electrons. The molecule has 1 aliphatic carbocycles. The fourth-order valence-electron chi connectivity index (χ4n) is 5.53. The lowest BCUT2D eigenvalue weighted by atomic mass is 9.87. The molecule has 2 amide bonds. The number of primary amides is 1. The first-order chi connectivity index (χ1) is 19.4. The van der Waals surface area contributed by atoms with Gasteiger partial charge in [-0.2, -0.15) is 26.3 Å². The van der Waals surface area contributed by atoms with Crippen molar-refractivity contribution in [1.29, 1.82) is 0 Å². The number of rotatable bonds is 7. The van der Waals surface area contributed by atoms with E-state index in [-0.39, 0.29) is 24.1 Å². The van der Waals surface area contributed by atoms with Gasteiger partial charge in [-0.1, -0.05) is 18.6 Å². The highest BCUT2D eigenvalue weighted by Gasteiger charge is 2.71. The van der Waals surface area contributed by atoms with E-state index in [0.717, 1.165) is 24.3 Å². The van der Waals surface area contributed by atoms with Gasteiger partial charge in [0.1, 0.15) is 5.82 Å². The van der Waals surface area contributed by atoms with Crippen molar-refractivity contribution < 1.29 is 53.8 Å². The second-order valence-corrected chi connectivity index (χ2v) is 12.1. The lowest BCUT2D eigenvalue weighted by Gasteiger charge is -2.39. The second kappa shape index (κ2) is 11.0. The summed E-state index contributed by atoms with van der Waals surface area (Å²) in [6, 6.07) is 3.27. The van der Waals surface area contributed by atoms with Crippen molar-refractivity contribution >= 4 is 27.5 Å². The van der Waals surface area contributed by atoms with E-state index in [1.165, 1.54) is 0 Å². The van der Waals surface area contributed by atoms with E-state index in [0.29, 0.717) is 41.8 Å². The minimum atomic E-state index is -6.16. The lowest BCUT2D eigenvalue weighted by molar-refractivity contribution is -0.376. The van der Waals surface area contributed by atoms with Gasteiger partial charge in [0.15, 0.2) is 0 Å². The highest BCUT2D eigenvalue weighted by molar-refractivity contribution is 7.92. The number of halogens is 7. The molecule has 1 heterocycles. The molecule has 1 aliphatic heterocycles. The van der Waals surface area contributed by atoms with Gasteiger partial charge in [0, 0.05) is 18.0 Å². The molecule has 1 saturated carbocycles. The van der Waals surface area contributed by atoms with Gasteiger partial charge in [0.05, 0.1) is 22.5 Å². The molecule has 16 heteroatoms. The molecule has 2 aromatic carbocycles. The average Bonchev–Trinajstić information content (AvgIpc) is 3.34. The molecule has 0 saturated heterocycles. The number of anilines is 1. The average molecular weight is 626 g/mol. The zero-order chi connectivity index (χ0) is 31.3. The van der Waals surface area contributed by atoms with Crippen LogP contribution in [0, 0.1) is 11.7 Å². The molecule has 8 nitrogen and oxygen atoms in total. The van der Waals surface area contributed by atoms with Gasteiger partial charge < -0.3 is 16.2 Å². The predicted molar refractivity (Wildman–Crippen MR) is 134 cm³/mol. The minimum Gasteiger partial charge on any atom is -0.369 e. The summed E-state index contributed by atoms with van der Waals surface area (Å²) in [7, 11) is -4.64. The van der Waals surface area contributed by atoms with Gasteiger partial charge in [-0.05, 0) is 61.6 Å². The largest absolute Gasteiger partial charge is 0.430 e. The number of carbonyl (C=O) groups is 2. The molecule has 3 atom stereocenters. The number of amides is 2. The van der Waals surface area contributed by atoms with Crippen LogP contribution in [0.3, 0.4) is 0 Å². The first kappa shape index (κ1) is 31.5. The Kier molecular flexibility index (Phi) is 8.28. The maximum Gasteiger partial charge on any atom is 0.430 e. The van der Waals surface area contributed by atoms with E-state index >= 15 is 0 Å². The van der Waals surface area contributed by atoms with Crippen LogP contribution in [0.2, 0.25) is 0 Å². The summed E-state index contributed by atoms with van der Waals surface area (Å²) in [4.78, 5) is 24.2. The van der Waals surface area contributed by atoms with E-state index in [9.17, 15) is 53.8 Å². The Morgan fingerprint density at radius 3 is 2.17 bits per heavy atom. The Morgan fingerprint density at radius 1 is 0.976 bits per heavy atom. The van der Waals surface area contributed by atoms with E-state index in [1.807, 2.05) is 0 Å². The third kappa shape index (κ3) is 5.65. The molecule has 2 aromatic rings. The molecule has 1 fully saturated rings. The molecule has 42 heavy (non-hydrogen) atoms. The Bertz CT molecular complexity index is 1450. The molecule has 0 unspecified atom stereocenters. The van der Waals surface area contributed by atoms with Gasteiger partial charge in [-0.15, -0.1) is 0 Å². The van der Waals surface area contributed by atoms with E-state index in [4.69, 9.17) is 5.73 Å². The molecule has 0 spiro atoms. The number of aliphatic hydroxyl groups is 1. The fraction of sp³-hybridized carbons (Fsp3) is 0.462. The highest BCUT2D eigenvalue weighted by atomic mass is 32.2. The van der Waals surface area contributed by atoms with Crippen molar-refractivity contribution in [2.45, 2.75) is 73.5 Å². The van der Waals surface area contributed by atoms with Crippen molar-refractivity contribution in [2.24, 2.45) is 11.7 Å². The zero-order valence-electron chi connectivity index (χ0n) is 21.7. The number of aryl methyl sites for hydroxylation is 1. The summed E-state index contributed by atoms with van der Waals surface area (Å²) in [6.45, 7) is 0. The van der Waals surface area contributed by atoms with Crippen LogP contribution in [0.25, 0.3) is 0 Å². The van der Waals surface area contributed by atoms with Gasteiger partial charge in [-0.25, -0.2) is 12.8 Å². The predicted octanol–water partition coefficient (Wildman–Crippen LogP) is 3.81. The van der Waals surface area contributed by atoms with E-state index < -0.39 is 80.5 Å². The van der Waals surface area contributed by atoms with Crippen LogP contribution in [-0.2, 0) is 31.6 Å². The summed E-state index contributed by atoms with van der Waals surface area (Å²) in [5.41, 5.74) is -1.97. The van der Waals surface area contributed by atoms with Crippen LogP contribution in [0.1, 0.15) is 43.2 Å². The van der Waals surface area contributed by atoms with Crippen LogP contribution in [0.15, 0.2) is 47.4 Å². The first-order valence-electron chi connectivity index (χ1n) is 12.8. The Hall–Kier alpha value is -3.40. The minimum absolute atomic E-state index is 0.204. The summed E-state index contributed by atoms with van der Waals surface area (Å²) in [5, 5.41) is 12.5. The Morgan fingerprint density at radius 2 is 1.60 bits per heavy atom. The number of fused-ring (bicyclic) bond motifs is 1. The maximum atomic E-state index is 13.7. The molecule has 4 N–H and O–H groups in total. The van der Waals surface area contributed by atoms with Crippen molar-refractivity contribution in [2.75, 3.05) is 4.31 Å². The molecule has 0 radical (unpaired) electrons. The van der Waals surface area contributed by atoms with Gasteiger partial charge in [0.2, 0.25) is 11.8 Å². The molecule has 2 aliphatic rings. The summed E-state index contributed by atoms with van der Waals surface area (Å²) in [5.74, 6) is -2.66. The number of hydrogen-bond acceptors (Lipinski definition) is 5. The highest BCUT2D eigenvalue weighted by Crippen LogP contribution is 2.51. The smallest absolute Gasteiger partial charge is 0.369 e.